The number of benzene rings is 2. The fourth-order valence-corrected chi connectivity index (χ4v) is 6.45. The molecule has 10 heteroatoms. The summed E-state index contributed by atoms with van der Waals surface area (Å²) in [5.74, 6) is -0.316. The molecule has 31 heavy (non-hydrogen) atoms. The molecule has 1 saturated heterocycles. The minimum absolute atomic E-state index is 0.0482. The highest BCUT2D eigenvalue weighted by Crippen LogP contribution is 2.27. The van der Waals surface area contributed by atoms with Crippen LogP contribution in [-0.4, -0.2) is 64.8 Å². The van der Waals surface area contributed by atoms with Gasteiger partial charge in [-0.3, -0.25) is 0 Å². The molecule has 2 aliphatic rings. The lowest BCUT2D eigenvalue weighted by Crippen LogP contribution is -2.40. The number of nitrogens with zero attached hydrogens (tertiary/aromatic N) is 2. The molecule has 0 bridgehead atoms. The van der Waals surface area contributed by atoms with Crippen LogP contribution in [0.15, 0.2) is 64.4 Å². The first kappa shape index (κ1) is 22.1. The van der Waals surface area contributed by atoms with Crippen LogP contribution in [0, 0.1) is 5.82 Å². The van der Waals surface area contributed by atoms with Crippen LogP contribution >= 0.6 is 0 Å². The molecular weight excluding hydrogens is 443 g/mol. The summed E-state index contributed by atoms with van der Waals surface area (Å²) in [5, 5.41) is 0. The van der Waals surface area contributed by atoms with Gasteiger partial charge < -0.3 is 4.74 Å². The van der Waals surface area contributed by atoms with Gasteiger partial charge in [-0.25, -0.2) is 21.2 Å². The van der Waals surface area contributed by atoms with Gasteiger partial charge in [0.15, 0.2) is 0 Å². The Labute approximate surface area is 181 Å². The van der Waals surface area contributed by atoms with Gasteiger partial charge in [-0.15, -0.1) is 0 Å². The molecule has 7 nitrogen and oxygen atoms in total. The zero-order valence-electron chi connectivity index (χ0n) is 16.8. The Balaban J connectivity index is 1.50. The van der Waals surface area contributed by atoms with Gasteiger partial charge in [-0.1, -0.05) is 18.2 Å². The van der Waals surface area contributed by atoms with E-state index in [1.807, 2.05) is 6.08 Å². The molecule has 2 aliphatic heterocycles. The van der Waals surface area contributed by atoms with Gasteiger partial charge >= 0.3 is 0 Å². The summed E-state index contributed by atoms with van der Waals surface area (Å²) in [7, 11) is -7.44. The van der Waals surface area contributed by atoms with Crippen LogP contribution in [0.5, 0.6) is 0 Å². The van der Waals surface area contributed by atoms with E-state index < -0.39 is 20.0 Å². The second-order valence-electron chi connectivity index (χ2n) is 7.34. The van der Waals surface area contributed by atoms with Crippen molar-refractivity contribution in [1.82, 2.24) is 8.61 Å². The zero-order chi connectivity index (χ0) is 22.1. The predicted molar refractivity (Wildman–Crippen MR) is 114 cm³/mol. The Bertz CT molecular complexity index is 1170. The van der Waals surface area contributed by atoms with Crippen molar-refractivity contribution >= 4 is 25.6 Å². The SMILES string of the molecule is O=S(=O)(c1ccc(S(=O)(=O)N2CCOCC2)cc1)N1CC=C(c2ccc(F)cc2)CC1. The molecule has 0 saturated carbocycles. The third kappa shape index (κ3) is 4.58. The monoisotopic (exact) mass is 466 g/mol. The summed E-state index contributed by atoms with van der Waals surface area (Å²) in [5.41, 5.74) is 1.84. The minimum atomic E-state index is -3.76. The molecule has 0 amide bonds. The van der Waals surface area contributed by atoms with Gasteiger partial charge in [0.05, 0.1) is 23.0 Å². The van der Waals surface area contributed by atoms with Gasteiger partial charge in [0.1, 0.15) is 5.82 Å². The number of hydrogen-bond acceptors (Lipinski definition) is 5. The smallest absolute Gasteiger partial charge is 0.243 e. The summed E-state index contributed by atoms with van der Waals surface area (Å²) in [6.07, 6.45) is 2.33. The molecule has 2 aromatic rings. The summed E-state index contributed by atoms with van der Waals surface area (Å²) >= 11 is 0. The summed E-state index contributed by atoms with van der Waals surface area (Å²) < 4.78 is 72.5. The van der Waals surface area contributed by atoms with E-state index in [1.54, 1.807) is 12.1 Å². The van der Waals surface area contributed by atoms with Gasteiger partial charge in [-0.2, -0.15) is 8.61 Å². The fourth-order valence-electron chi connectivity index (χ4n) is 3.66. The van der Waals surface area contributed by atoms with Crippen molar-refractivity contribution in [1.29, 1.82) is 0 Å². The van der Waals surface area contributed by atoms with Crippen molar-refractivity contribution in [2.45, 2.75) is 16.2 Å². The molecule has 0 N–H and O–H groups in total. The van der Waals surface area contributed by atoms with Gasteiger partial charge in [0.25, 0.3) is 0 Å². The molecule has 2 heterocycles. The first-order valence-corrected chi connectivity index (χ1v) is 12.8. The predicted octanol–water partition coefficient (Wildman–Crippen LogP) is 2.32. The Morgan fingerprint density at radius 2 is 1.29 bits per heavy atom. The van der Waals surface area contributed by atoms with Crippen molar-refractivity contribution in [3.63, 3.8) is 0 Å². The first-order chi connectivity index (χ1) is 14.8. The Kier molecular flexibility index (Phi) is 6.27. The Morgan fingerprint density at radius 3 is 1.81 bits per heavy atom. The first-order valence-electron chi connectivity index (χ1n) is 9.91. The van der Waals surface area contributed by atoms with E-state index in [1.165, 1.54) is 45.0 Å². The molecule has 0 atom stereocenters. The second kappa shape index (κ2) is 8.79. The van der Waals surface area contributed by atoms with Crippen LogP contribution in [0.3, 0.4) is 0 Å². The lowest BCUT2D eigenvalue weighted by Gasteiger charge is -2.27. The topological polar surface area (TPSA) is 84.0 Å². The van der Waals surface area contributed by atoms with E-state index in [2.05, 4.69) is 0 Å². The second-order valence-corrected chi connectivity index (χ2v) is 11.2. The summed E-state index contributed by atoms with van der Waals surface area (Å²) in [4.78, 5) is 0.109. The largest absolute Gasteiger partial charge is 0.379 e. The highest BCUT2D eigenvalue weighted by atomic mass is 32.2. The zero-order valence-corrected chi connectivity index (χ0v) is 18.4. The van der Waals surface area contributed by atoms with Crippen LogP contribution < -0.4 is 0 Å². The number of morpholine rings is 1. The standard InChI is InChI=1S/C21H23FN2O5S2/c22-19-3-1-17(2-4-19)18-9-11-23(12-10-18)30(25,26)20-5-7-21(8-6-20)31(27,28)24-13-15-29-16-14-24/h1-9H,10-16H2. The van der Waals surface area contributed by atoms with Crippen LogP contribution in [0.25, 0.3) is 5.57 Å². The van der Waals surface area contributed by atoms with Crippen LogP contribution in [-0.2, 0) is 24.8 Å². The highest BCUT2D eigenvalue weighted by molar-refractivity contribution is 7.89. The minimum Gasteiger partial charge on any atom is -0.379 e. The van der Waals surface area contributed by atoms with Gasteiger partial charge in [0.2, 0.25) is 20.0 Å². The maximum absolute atomic E-state index is 13.1. The summed E-state index contributed by atoms with van der Waals surface area (Å²) in [6.45, 7) is 1.72. The molecule has 166 valence electrons. The molecular formula is C21H23FN2O5S2. The maximum Gasteiger partial charge on any atom is 0.243 e. The molecule has 0 aliphatic carbocycles. The quantitative estimate of drug-likeness (QED) is 0.675. The lowest BCUT2D eigenvalue weighted by molar-refractivity contribution is 0.0730. The molecule has 2 aromatic carbocycles. The van der Waals surface area contributed by atoms with E-state index in [4.69, 9.17) is 4.74 Å². The van der Waals surface area contributed by atoms with E-state index in [0.717, 1.165) is 11.1 Å². The van der Waals surface area contributed by atoms with Crippen LogP contribution in [0.4, 0.5) is 4.39 Å². The average molecular weight is 467 g/mol. The number of halogens is 1. The van der Waals surface area contributed by atoms with Crippen molar-refractivity contribution in [2.24, 2.45) is 0 Å². The average Bonchev–Trinajstić information content (AvgIpc) is 2.80. The van der Waals surface area contributed by atoms with Crippen LogP contribution in [0.2, 0.25) is 0 Å². The number of sulfonamides is 2. The fraction of sp³-hybridized carbons (Fsp3) is 0.333. The van der Waals surface area contributed by atoms with E-state index in [9.17, 15) is 21.2 Å². The third-order valence-electron chi connectivity index (χ3n) is 5.46. The van der Waals surface area contributed by atoms with Crippen LogP contribution in [0.1, 0.15) is 12.0 Å². The lowest BCUT2D eigenvalue weighted by atomic mass is 10.0. The van der Waals surface area contributed by atoms with E-state index in [-0.39, 0.29) is 35.2 Å². The van der Waals surface area contributed by atoms with Gasteiger partial charge in [0, 0.05) is 26.2 Å². The Hall–Kier alpha value is -2.11. The Morgan fingerprint density at radius 1 is 0.742 bits per heavy atom. The molecule has 1 fully saturated rings. The van der Waals surface area contributed by atoms with E-state index in [0.29, 0.717) is 26.2 Å². The molecule has 4 rings (SSSR count). The molecule has 0 spiro atoms. The summed E-state index contributed by atoms with van der Waals surface area (Å²) in [6, 6.07) is 11.5. The highest BCUT2D eigenvalue weighted by Gasteiger charge is 2.29. The van der Waals surface area contributed by atoms with Crippen molar-refractivity contribution in [3.05, 3.63) is 66.0 Å². The number of ether oxygens (including phenoxy) is 1. The van der Waals surface area contributed by atoms with Gasteiger partial charge in [-0.05, 0) is 54.0 Å². The molecule has 0 radical (unpaired) electrons. The molecule has 0 unspecified atom stereocenters. The molecule has 0 aromatic heterocycles. The normalized spacial score (nSPS) is 19.2. The third-order valence-corrected chi connectivity index (χ3v) is 9.25. The van der Waals surface area contributed by atoms with E-state index >= 15 is 0 Å². The number of hydrogen-bond donors (Lipinski definition) is 0. The van der Waals surface area contributed by atoms with Crippen molar-refractivity contribution < 1.29 is 26.0 Å². The maximum atomic E-state index is 13.1. The van der Waals surface area contributed by atoms with Crippen molar-refractivity contribution in [2.75, 3.05) is 39.4 Å². The number of rotatable bonds is 5. The van der Waals surface area contributed by atoms with Crippen molar-refractivity contribution in [3.8, 4) is 0 Å².